The number of fused-ring (bicyclic) bond motifs is 2. The SMILES string of the molecule is COc1ccc2[nH]c(C)c(-c3cn4c(C)c(C)sc4n3)c2c1. The molecule has 1 N–H and O–H groups in total. The second-order valence-corrected chi connectivity index (χ2v) is 6.74. The van der Waals surface area contributed by atoms with E-state index in [1.165, 1.54) is 10.6 Å². The highest BCUT2D eigenvalue weighted by molar-refractivity contribution is 7.17. The number of thiazole rings is 1. The number of ether oxygens (including phenoxy) is 1. The zero-order valence-corrected chi connectivity index (χ0v) is 13.8. The molecule has 0 aliphatic carbocycles. The molecule has 1 aromatic carbocycles. The van der Waals surface area contributed by atoms with E-state index in [-0.39, 0.29) is 0 Å². The second-order valence-electron chi connectivity index (χ2n) is 5.56. The van der Waals surface area contributed by atoms with Gasteiger partial charge in [0, 0.05) is 38.9 Å². The van der Waals surface area contributed by atoms with E-state index >= 15 is 0 Å². The highest BCUT2D eigenvalue weighted by Crippen LogP contribution is 2.35. The van der Waals surface area contributed by atoms with Crippen molar-refractivity contribution >= 4 is 27.2 Å². The summed E-state index contributed by atoms with van der Waals surface area (Å²) in [5.41, 5.74) is 5.66. The van der Waals surface area contributed by atoms with Crippen molar-refractivity contribution in [1.29, 1.82) is 0 Å². The lowest BCUT2D eigenvalue weighted by Gasteiger charge is -2.01. The molecule has 0 aliphatic rings. The normalized spacial score (nSPS) is 11.6. The summed E-state index contributed by atoms with van der Waals surface area (Å²) in [6.07, 6.45) is 2.13. The van der Waals surface area contributed by atoms with Crippen LogP contribution in [0.25, 0.3) is 27.1 Å². The molecular weight excluding hydrogens is 294 g/mol. The molecule has 0 unspecified atom stereocenters. The quantitative estimate of drug-likeness (QED) is 0.593. The third kappa shape index (κ3) is 1.78. The highest BCUT2D eigenvalue weighted by atomic mass is 32.1. The van der Waals surface area contributed by atoms with Gasteiger partial charge in [0.2, 0.25) is 0 Å². The average molecular weight is 311 g/mol. The van der Waals surface area contributed by atoms with Gasteiger partial charge in [-0.2, -0.15) is 0 Å². The molecule has 0 fully saturated rings. The first kappa shape index (κ1) is 13.4. The second kappa shape index (κ2) is 4.61. The van der Waals surface area contributed by atoms with Crippen LogP contribution in [0.5, 0.6) is 5.75 Å². The van der Waals surface area contributed by atoms with Gasteiger partial charge in [-0.05, 0) is 39.0 Å². The topological polar surface area (TPSA) is 42.3 Å². The van der Waals surface area contributed by atoms with Gasteiger partial charge in [-0.25, -0.2) is 4.98 Å². The van der Waals surface area contributed by atoms with E-state index in [1.807, 2.05) is 6.07 Å². The Bertz CT molecular complexity index is 1010. The smallest absolute Gasteiger partial charge is 0.194 e. The number of aryl methyl sites for hydroxylation is 3. The summed E-state index contributed by atoms with van der Waals surface area (Å²) >= 11 is 1.73. The molecule has 0 atom stereocenters. The van der Waals surface area contributed by atoms with E-state index in [2.05, 4.69) is 48.5 Å². The minimum Gasteiger partial charge on any atom is -0.497 e. The number of aromatic amines is 1. The Morgan fingerprint density at radius 3 is 2.77 bits per heavy atom. The Hall–Kier alpha value is -2.27. The molecule has 0 saturated carbocycles. The van der Waals surface area contributed by atoms with Crippen molar-refractivity contribution in [3.8, 4) is 17.0 Å². The maximum Gasteiger partial charge on any atom is 0.194 e. The van der Waals surface area contributed by atoms with Gasteiger partial charge in [-0.3, -0.25) is 4.40 Å². The van der Waals surface area contributed by atoms with Crippen molar-refractivity contribution in [3.05, 3.63) is 40.7 Å². The third-order valence-electron chi connectivity index (χ3n) is 4.24. The van der Waals surface area contributed by atoms with E-state index < -0.39 is 0 Å². The van der Waals surface area contributed by atoms with E-state index in [9.17, 15) is 0 Å². The van der Waals surface area contributed by atoms with Crippen molar-refractivity contribution in [3.63, 3.8) is 0 Å². The van der Waals surface area contributed by atoms with Gasteiger partial charge in [0.25, 0.3) is 0 Å². The van der Waals surface area contributed by atoms with Crippen molar-refractivity contribution in [2.24, 2.45) is 0 Å². The first-order valence-electron chi connectivity index (χ1n) is 7.20. The van der Waals surface area contributed by atoms with E-state index in [1.54, 1.807) is 18.4 Å². The molecule has 5 heteroatoms. The summed E-state index contributed by atoms with van der Waals surface area (Å²) in [7, 11) is 1.69. The third-order valence-corrected chi connectivity index (χ3v) is 5.31. The van der Waals surface area contributed by atoms with Crippen LogP contribution in [-0.4, -0.2) is 21.5 Å². The van der Waals surface area contributed by atoms with Crippen LogP contribution in [0.3, 0.4) is 0 Å². The number of methoxy groups -OCH3 is 1. The number of benzene rings is 1. The lowest BCUT2D eigenvalue weighted by Crippen LogP contribution is -1.83. The monoisotopic (exact) mass is 311 g/mol. The molecule has 0 spiro atoms. The molecule has 3 heterocycles. The molecule has 0 amide bonds. The lowest BCUT2D eigenvalue weighted by molar-refractivity contribution is 0.415. The predicted molar refractivity (Wildman–Crippen MR) is 91.1 cm³/mol. The van der Waals surface area contributed by atoms with Gasteiger partial charge < -0.3 is 9.72 Å². The summed E-state index contributed by atoms with van der Waals surface area (Å²) < 4.78 is 7.54. The zero-order chi connectivity index (χ0) is 15.4. The summed E-state index contributed by atoms with van der Waals surface area (Å²) in [4.78, 5) is 10.6. The molecule has 0 radical (unpaired) electrons. The Balaban J connectivity index is 2.00. The van der Waals surface area contributed by atoms with Crippen molar-refractivity contribution in [1.82, 2.24) is 14.4 Å². The maximum atomic E-state index is 5.36. The van der Waals surface area contributed by atoms with Crippen LogP contribution in [0, 0.1) is 20.8 Å². The number of imidazole rings is 1. The number of nitrogens with zero attached hydrogens (tertiary/aromatic N) is 2. The van der Waals surface area contributed by atoms with Gasteiger partial charge in [0.1, 0.15) is 5.75 Å². The fourth-order valence-electron chi connectivity index (χ4n) is 2.94. The van der Waals surface area contributed by atoms with Gasteiger partial charge >= 0.3 is 0 Å². The molecule has 3 aromatic heterocycles. The fraction of sp³-hybridized carbons (Fsp3) is 0.235. The van der Waals surface area contributed by atoms with Crippen LogP contribution in [-0.2, 0) is 0 Å². The molecule has 112 valence electrons. The first-order chi connectivity index (χ1) is 10.6. The van der Waals surface area contributed by atoms with Crippen LogP contribution < -0.4 is 4.74 Å². The lowest BCUT2D eigenvalue weighted by atomic mass is 10.1. The van der Waals surface area contributed by atoms with E-state index in [4.69, 9.17) is 9.72 Å². The molecule has 4 aromatic rings. The first-order valence-corrected chi connectivity index (χ1v) is 8.02. The van der Waals surface area contributed by atoms with E-state index in [0.29, 0.717) is 0 Å². The number of nitrogens with one attached hydrogen (secondary N) is 1. The number of H-pyrrole nitrogens is 1. The van der Waals surface area contributed by atoms with E-state index in [0.717, 1.165) is 38.6 Å². The summed E-state index contributed by atoms with van der Waals surface area (Å²) in [6, 6.07) is 6.10. The van der Waals surface area contributed by atoms with Crippen LogP contribution in [0.2, 0.25) is 0 Å². The Kier molecular flexibility index (Phi) is 2.81. The Morgan fingerprint density at radius 1 is 1.23 bits per heavy atom. The Morgan fingerprint density at radius 2 is 2.05 bits per heavy atom. The highest BCUT2D eigenvalue weighted by Gasteiger charge is 2.16. The van der Waals surface area contributed by atoms with Crippen molar-refractivity contribution < 1.29 is 4.74 Å². The zero-order valence-electron chi connectivity index (χ0n) is 13.0. The van der Waals surface area contributed by atoms with Crippen molar-refractivity contribution in [2.75, 3.05) is 7.11 Å². The summed E-state index contributed by atoms with van der Waals surface area (Å²) in [5.74, 6) is 0.862. The fourth-order valence-corrected chi connectivity index (χ4v) is 3.89. The van der Waals surface area contributed by atoms with Crippen LogP contribution in [0.1, 0.15) is 16.3 Å². The number of aromatic nitrogens is 3. The minimum atomic E-state index is 0.862. The standard InChI is InChI=1S/C17H17N3OS/c1-9-16(13-7-12(21-4)5-6-14(13)18-9)15-8-20-10(2)11(3)22-17(20)19-15/h5-8,18H,1-4H3. The number of hydrogen-bond acceptors (Lipinski definition) is 3. The van der Waals surface area contributed by atoms with Crippen LogP contribution in [0.4, 0.5) is 0 Å². The summed E-state index contributed by atoms with van der Waals surface area (Å²) in [6.45, 7) is 6.36. The molecule has 0 saturated heterocycles. The minimum absolute atomic E-state index is 0.862. The predicted octanol–water partition coefficient (Wildman–Crippen LogP) is 4.48. The molecule has 0 bridgehead atoms. The number of hydrogen-bond donors (Lipinski definition) is 1. The number of rotatable bonds is 2. The van der Waals surface area contributed by atoms with Gasteiger partial charge in [0.05, 0.1) is 12.8 Å². The van der Waals surface area contributed by atoms with Crippen LogP contribution >= 0.6 is 11.3 Å². The van der Waals surface area contributed by atoms with Crippen LogP contribution in [0.15, 0.2) is 24.4 Å². The Labute approximate surface area is 132 Å². The molecule has 4 rings (SSSR count). The molecular formula is C17H17N3OS. The van der Waals surface area contributed by atoms with Gasteiger partial charge in [-0.15, -0.1) is 11.3 Å². The van der Waals surface area contributed by atoms with Gasteiger partial charge in [0.15, 0.2) is 4.96 Å². The molecule has 0 aliphatic heterocycles. The largest absolute Gasteiger partial charge is 0.497 e. The van der Waals surface area contributed by atoms with Gasteiger partial charge in [-0.1, -0.05) is 0 Å². The molecule has 4 nitrogen and oxygen atoms in total. The summed E-state index contributed by atoms with van der Waals surface area (Å²) in [5, 5.41) is 1.15. The average Bonchev–Trinajstić information content (AvgIpc) is 3.11. The van der Waals surface area contributed by atoms with Crippen molar-refractivity contribution in [2.45, 2.75) is 20.8 Å². The molecule has 22 heavy (non-hydrogen) atoms. The maximum absolute atomic E-state index is 5.36.